The number of nitrogens with one attached hydrogen (secondary N) is 1. The molecule has 0 radical (unpaired) electrons. The zero-order valence-corrected chi connectivity index (χ0v) is 11.4. The Morgan fingerprint density at radius 2 is 1.55 bits per heavy atom. The van der Waals surface area contributed by atoms with Crippen LogP contribution >= 0.6 is 0 Å². The van der Waals surface area contributed by atoms with Crippen molar-refractivity contribution in [1.29, 1.82) is 0 Å². The first kappa shape index (κ1) is 14.4. The molecule has 0 fully saturated rings. The molecule has 2 aromatic rings. The van der Waals surface area contributed by atoms with Gasteiger partial charge in [-0.1, -0.05) is 18.2 Å². The molecule has 0 heterocycles. The maximum absolute atomic E-state index is 13.3. The van der Waals surface area contributed by atoms with Crippen molar-refractivity contribution in [2.45, 2.75) is 6.04 Å². The van der Waals surface area contributed by atoms with Gasteiger partial charge in [-0.05, 0) is 35.4 Å². The molecular weight excluding hydrogens is 260 g/mol. The lowest BCUT2D eigenvalue weighted by atomic mass is 9.99. The highest BCUT2D eigenvalue weighted by Crippen LogP contribution is 2.24. The maximum atomic E-state index is 13.3. The Morgan fingerprint density at radius 1 is 0.950 bits per heavy atom. The van der Waals surface area contributed by atoms with E-state index in [9.17, 15) is 8.78 Å². The van der Waals surface area contributed by atoms with E-state index in [1.54, 1.807) is 0 Å². The number of hydrogen-bond donors (Lipinski definition) is 2. The Kier molecular flexibility index (Phi) is 4.32. The highest BCUT2D eigenvalue weighted by molar-refractivity contribution is 5.47. The van der Waals surface area contributed by atoms with Gasteiger partial charge in [0.25, 0.3) is 0 Å². The normalized spacial score (nSPS) is 12.2. The van der Waals surface area contributed by atoms with Gasteiger partial charge in [0.2, 0.25) is 0 Å². The molecule has 0 saturated heterocycles. The van der Waals surface area contributed by atoms with Crippen molar-refractivity contribution in [2.24, 2.45) is 5.84 Å². The van der Waals surface area contributed by atoms with E-state index < -0.39 is 11.6 Å². The van der Waals surface area contributed by atoms with Crippen LogP contribution < -0.4 is 16.2 Å². The number of rotatable bonds is 4. The standard InChI is InChI=1S/C15H17F2N3/c1-20(2)12-6-3-10(4-7-12)15(19-18)11-5-8-13(16)14(17)9-11/h3-9,15,19H,18H2,1-2H3. The first-order valence-corrected chi connectivity index (χ1v) is 6.21. The number of nitrogens with zero attached hydrogens (tertiary/aromatic N) is 1. The zero-order valence-electron chi connectivity index (χ0n) is 11.4. The largest absolute Gasteiger partial charge is 0.378 e. The van der Waals surface area contributed by atoms with Gasteiger partial charge in [-0.15, -0.1) is 0 Å². The minimum absolute atomic E-state index is 0.388. The first-order chi connectivity index (χ1) is 9.52. The van der Waals surface area contributed by atoms with Crippen LogP contribution in [0.3, 0.4) is 0 Å². The summed E-state index contributed by atoms with van der Waals surface area (Å²) >= 11 is 0. The van der Waals surface area contributed by atoms with E-state index in [4.69, 9.17) is 5.84 Å². The monoisotopic (exact) mass is 277 g/mol. The van der Waals surface area contributed by atoms with Gasteiger partial charge in [-0.25, -0.2) is 14.2 Å². The van der Waals surface area contributed by atoms with Crippen LogP contribution in [0.15, 0.2) is 42.5 Å². The number of benzene rings is 2. The molecule has 3 nitrogen and oxygen atoms in total. The summed E-state index contributed by atoms with van der Waals surface area (Å²) in [5.74, 6) is 3.80. The lowest BCUT2D eigenvalue weighted by molar-refractivity contribution is 0.504. The summed E-state index contributed by atoms with van der Waals surface area (Å²) in [4.78, 5) is 1.98. The summed E-state index contributed by atoms with van der Waals surface area (Å²) in [6.07, 6.45) is 0. The second kappa shape index (κ2) is 5.98. The molecule has 2 aromatic carbocycles. The Bertz CT molecular complexity index is 582. The van der Waals surface area contributed by atoms with Gasteiger partial charge in [0.15, 0.2) is 11.6 Å². The van der Waals surface area contributed by atoms with Crippen molar-refractivity contribution < 1.29 is 8.78 Å². The number of nitrogens with two attached hydrogens (primary N) is 1. The molecule has 3 N–H and O–H groups in total. The number of hydrazine groups is 1. The third-order valence-corrected chi connectivity index (χ3v) is 3.19. The van der Waals surface area contributed by atoms with E-state index in [0.717, 1.165) is 23.4 Å². The summed E-state index contributed by atoms with van der Waals surface area (Å²) in [5, 5.41) is 0. The minimum atomic E-state index is -0.882. The molecule has 1 unspecified atom stereocenters. The Hall–Kier alpha value is -1.98. The fraction of sp³-hybridized carbons (Fsp3) is 0.200. The fourth-order valence-corrected chi connectivity index (χ4v) is 2.04. The third kappa shape index (κ3) is 2.95. The van der Waals surface area contributed by atoms with Crippen molar-refractivity contribution in [2.75, 3.05) is 19.0 Å². The summed E-state index contributed by atoms with van der Waals surface area (Å²) in [6.45, 7) is 0. The van der Waals surface area contributed by atoms with E-state index in [0.29, 0.717) is 5.56 Å². The topological polar surface area (TPSA) is 41.3 Å². The predicted octanol–water partition coefficient (Wildman–Crippen LogP) is 2.58. The lowest BCUT2D eigenvalue weighted by Gasteiger charge is -2.19. The molecule has 0 aliphatic rings. The van der Waals surface area contributed by atoms with Crippen molar-refractivity contribution in [3.63, 3.8) is 0 Å². The van der Waals surface area contributed by atoms with Crippen LogP contribution in [-0.2, 0) is 0 Å². The second-order valence-corrected chi connectivity index (χ2v) is 4.76. The minimum Gasteiger partial charge on any atom is -0.378 e. The first-order valence-electron chi connectivity index (χ1n) is 6.21. The van der Waals surface area contributed by atoms with Gasteiger partial charge < -0.3 is 4.90 Å². The van der Waals surface area contributed by atoms with E-state index in [2.05, 4.69) is 5.43 Å². The molecule has 1 atom stereocenters. The summed E-state index contributed by atoms with van der Waals surface area (Å²) < 4.78 is 26.3. The molecule has 5 heteroatoms. The summed E-state index contributed by atoms with van der Waals surface area (Å²) in [6, 6.07) is 11.1. The predicted molar refractivity (Wildman–Crippen MR) is 76.3 cm³/mol. The van der Waals surface area contributed by atoms with Crippen LogP contribution in [-0.4, -0.2) is 14.1 Å². The number of halogens is 2. The molecule has 0 aliphatic heterocycles. The smallest absolute Gasteiger partial charge is 0.159 e. The molecular formula is C15H17F2N3. The second-order valence-electron chi connectivity index (χ2n) is 4.76. The van der Waals surface area contributed by atoms with Crippen molar-refractivity contribution in [1.82, 2.24) is 5.43 Å². The van der Waals surface area contributed by atoms with E-state index in [1.807, 2.05) is 43.3 Å². The van der Waals surface area contributed by atoms with Gasteiger partial charge in [0.05, 0.1) is 6.04 Å². The molecule has 0 bridgehead atoms. The molecule has 0 amide bonds. The van der Waals surface area contributed by atoms with Crippen LogP contribution in [0, 0.1) is 11.6 Å². The maximum Gasteiger partial charge on any atom is 0.159 e. The summed E-state index contributed by atoms with van der Waals surface area (Å²) in [5.41, 5.74) is 5.13. The van der Waals surface area contributed by atoms with Gasteiger partial charge in [-0.3, -0.25) is 5.84 Å². The third-order valence-electron chi connectivity index (χ3n) is 3.19. The SMILES string of the molecule is CN(C)c1ccc(C(NN)c2ccc(F)c(F)c2)cc1. The highest BCUT2D eigenvalue weighted by atomic mass is 19.2. The van der Waals surface area contributed by atoms with Crippen LogP contribution in [0.5, 0.6) is 0 Å². The molecule has 0 aliphatic carbocycles. The van der Waals surface area contributed by atoms with Crippen LogP contribution in [0.1, 0.15) is 17.2 Å². The highest BCUT2D eigenvalue weighted by Gasteiger charge is 2.14. The van der Waals surface area contributed by atoms with Crippen molar-refractivity contribution in [3.05, 3.63) is 65.2 Å². The van der Waals surface area contributed by atoms with Crippen molar-refractivity contribution >= 4 is 5.69 Å². The Balaban J connectivity index is 2.33. The van der Waals surface area contributed by atoms with E-state index in [1.165, 1.54) is 6.07 Å². The van der Waals surface area contributed by atoms with Gasteiger partial charge in [0, 0.05) is 19.8 Å². The van der Waals surface area contributed by atoms with E-state index >= 15 is 0 Å². The average molecular weight is 277 g/mol. The van der Waals surface area contributed by atoms with Gasteiger partial charge in [-0.2, -0.15) is 0 Å². The van der Waals surface area contributed by atoms with Crippen LogP contribution in [0.4, 0.5) is 14.5 Å². The molecule has 106 valence electrons. The van der Waals surface area contributed by atoms with Crippen LogP contribution in [0.25, 0.3) is 0 Å². The summed E-state index contributed by atoms with van der Waals surface area (Å²) in [7, 11) is 3.89. The number of hydrogen-bond acceptors (Lipinski definition) is 3. The molecule has 0 aromatic heterocycles. The fourth-order valence-electron chi connectivity index (χ4n) is 2.04. The van der Waals surface area contributed by atoms with Gasteiger partial charge in [0.1, 0.15) is 0 Å². The number of anilines is 1. The lowest BCUT2D eigenvalue weighted by Crippen LogP contribution is -2.29. The van der Waals surface area contributed by atoms with Gasteiger partial charge >= 0.3 is 0 Å². The molecule has 20 heavy (non-hydrogen) atoms. The van der Waals surface area contributed by atoms with Crippen LogP contribution in [0.2, 0.25) is 0 Å². The molecule has 0 saturated carbocycles. The quantitative estimate of drug-likeness (QED) is 0.666. The Morgan fingerprint density at radius 3 is 2.05 bits per heavy atom. The molecule has 2 rings (SSSR count). The van der Waals surface area contributed by atoms with Crippen molar-refractivity contribution in [3.8, 4) is 0 Å². The Labute approximate surface area is 117 Å². The zero-order chi connectivity index (χ0) is 14.7. The molecule has 0 spiro atoms. The average Bonchev–Trinajstić information content (AvgIpc) is 2.44. The van der Waals surface area contributed by atoms with E-state index in [-0.39, 0.29) is 6.04 Å².